The van der Waals surface area contributed by atoms with Crippen LogP contribution in [0.15, 0.2) is 48.0 Å². The van der Waals surface area contributed by atoms with E-state index in [-0.39, 0.29) is 17.0 Å². The van der Waals surface area contributed by atoms with Crippen molar-refractivity contribution in [1.29, 1.82) is 0 Å². The Labute approximate surface area is 130 Å². The van der Waals surface area contributed by atoms with Gasteiger partial charge in [-0.1, -0.05) is 11.2 Å². The number of ether oxygens (including phenoxy) is 1. The third-order valence-electron chi connectivity index (χ3n) is 2.86. The van der Waals surface area contributed by atoms with Gasteiger partial charge in [-0.25, -0.2) is 9.97 Å². The van der Waals surface area contributed by atoms with Gasteiger partial charge < -0.3 is 4.74 Å². The summed E-state index contributed by atoms with van der Waals surface area (Å²) in [5.41, 5.74) is 10.5. The van der Waals surface area contributed by atoms with Crippen LogP contribution in [-0.2, 0) is 0 Å². The number of hydrogen-bond acceptors (Lipinski definition) is 4. The molecule has 0 spiro atoms. The molecule has 0 aliphatic rings. The van der Waals surface area contributed by atoms with E-state index in [1.54, 1.807) is 25.4 Å². The van der Waals surface area contributed by atoms with E-state index in [2.05, 4.69) is 20.0 Å². The number of methoxy groups -OCH3 is 1. The summed E-state index contributed by atoms with van der Waals surface area (Å²) in [6.07, 6.45) is 5.43. The van der Waals surface area contributed by atoms with Gasteiger partial charge in [-0.2, -0.15) is 0 Å². The van der Waals surface area contributed by atoms with Crippen LogP contribution in [0.1, 0.15) is 0 Å². The number of benzene rings is 1. The molecule has 0 fully saturated rings. The van der Waals surface area contributed by atoms with Crippen LogP contribution in [0.5, 0.6) is 5.75 Å². The van der Waals surface area contributed by atoms with Gasteiger partial charge in [0.05, 0.1) is 12.8 Å². The molecule has 8 heteroatoms. The van der Waals surface area contributed by atoms with Gasteiger partial charge in [0, 0.05) is 34.8 Å². The third kappa shape index (κ3) is 2.81. The molecule has 0 N–H and O–H groups in total. The number of nitrogens with zero attached hydrogens (tertiary/aromatic N) is 6. The zero-order valence-electron chi connectivity index (χ0n) is 11.0. The van der Waals surface area contributed by atoms with Crippen molar-refractivity contribution >= 4 is 28.4 Å². The van der Waals surface area contributed by atoms with Crippen LogP contribution < -0.4 is 4.74 Å². The average molecular weight is 347 g/mol. The Hall–Kier alpha value is -2.57. The zero-order chi connectivity index (χ0) is 13.9. The second-order valence-electron chi connectivity index (χ2n) is 4.03. The predicted octanol–water partition coefficient (Wildman–Crippen LogP) is 3.92. The average Bonchev–Trinajstić information content (AvgIpc) is 2.91. The van der Waals surface area contributed by atoms with Gasteiger partial charge in [-0.05, 0) is 23.7 Å². The fraction of sp³-hybridized carbons (Fsp3) is 0.0769. The number of imidazole rings is 1. The van der Waals surface area contributed by atoms with Crippen molar-refractivity contribution in [1.82, 2.24) is 14.4 Å². The molecule has 7 nitrogen and oxygen atoms in total. The molecule has 106 valence electrons. The number of aromatic nitrogens is 3. The van der Waals surface area contributed by atoms with Gasteiger partial charge >= 0.3 is 0 Å². The van der Waals surface area contributed by atoms with Gasteiger partial charge in [0.25, 0.3) is 0 Å². The highest BCUT2D eigenvalue weighted by Crippen LogP contribution is 2.32. The lowest BCUT2D eigenvalue weighted by atomic mass is 10.1. The molecule has 0 bridgehead atoms. The second kappa shape index (κ2) is 6.25. The van der Waals surface area contributed by atoms with Crippen molar-refractivity contribution in [3.63, 3.8) is 0 Å². The fourth-order valence-electron chi connectivity index (χ4n) is 1.97. The normalized spacial score (nSPS) is 9.76. The molecule has 1 aromatic carbocycles. The van der Waals surface area contributed by atoms with Crippen molar-refractivity contribution in [2.75, 3.05) is 7.11 Å². The lowest BCUT2D eigenvalue weighted by Gasteiger charge is -2.06. The van der Waals surface area contributed by atoms with E-state index in [0.717, 1.165) is 11.3 Å². The van der Waals surface area contributed by atoms with E-state index < -0.39 is 0 Å². The summed E-state index contributed by atoms with van der Waals surface area (Å²) < 4.78 is 7.16. The molecular formula is C13H11BrN6O. The van der Waals surface area contributed by atoms with Crippen molar-refractivity contribution in [3.05, 3.63) is 53.3 Å². The highest BCUT2D eigenvalue weighted by atomic mass is 79.9. The Kier molecular flexibility index (Phi) is 4.42. The Balaban J connectivity index is 0.00000161. The van der Waals surface area contributed by atoms with E-state index in [1.165, 1.54) is 0 Å². The Morgan fingerprint density at radius 1 is 1.38 bits per heavy atom. The van der Waals surface area contributed by atoms with Crippen molar-refractivity contribution in [2.45, 2.75) is 0 Å². The lowest BCUT2D eigenvalue weighted by molar-refractivity contribution is 0.416. The fourth-order valence-corrected chi connectivity index (χ4v) is 1.97. The monoisotopic (exact) mass is 346 g/mol. The predicted molar refractivity (Wildman–Crippen MR) is 84.1 cm³/mol. The van der Waals surface area contributed by atoms with Crippen molar-refractivity contribution < 1.29 is 4.74 Å². The number of halogens is 1. The first-order valence-corrected chi connectivity index (χ1v) is 5.85. The Morgan fingerprint density at radius 3 is 2.95 bits per heavy atom. The summed E-state index contributed by atoms with van der Waals surface area (Å²) >= 11 is 0. The summed E-state index contributed by atoms with van der Waals surface area (Å²) in [5.74, 6) is 1.21. The highest BCUT2D eigenvalue weighted by Gasteiger charge is 2.10. The molecule has 0 saturated carbocycles. The Bertz CT molecular complexity index is 791. The molecule has 3 rings (SSSR count). The topological polar surface area (TPSA) is 88.2 Å². The molecule has 0 radical (unpaired) electrons. The first-order chi connectivity index (χ1) is 9.81. The molecule has 0 atom stereocenters. The van der Waals surface area contributed by atoms with E-state index in [9.17, 15) is 0 Å². The lowest BCUT2D eigenvalue weighted by Crippen LogP contribution is -1.87. The van der Waals surface area contributed by atoms with Crippen LogP contribution in [0.2, 0.25) is 0 Å². The van der Waals surface area contributed by atoms with Crippen LogP contribution in [-0.4, -0.2) is 21.5 Å². The maximum absolute atomic E-state index is 8.46. The summed E-state index contributed by atoms with van der Waals surface area (Å²) in [6.45, 7) is 0. The molecule has 0 saturated heterocycles. The SMILES string of the molecule is Br.COc1cc(N=[N+]=[N-])ccc1-c1cn2cccnc2n1. The Morgan fingerprint density at radius 2 is 2.24 bits per heavy atom. The molecule has 2 aromatic heterocycles. The first kappa shape index (κ1) is 14.8. The molecule has 21 heavy (non-hydrogen) atoms. The van der Waals surface area contributed by atoms with E-state index in [4.69, 9.17) is 10.3 Å². The summed E-state index contributed by atoms with van der Waals surface area (Å²) in [6, 6.07) is 7.03. The van der Waals surface area contributed by atoms with Gasteiger partial charge in [0.1, 0.15) is 5.75 Å². The number of hydrogen-bond donors (Lipinski definition) is 0. The summed E-state index contributed by atoms with van der Waals surface area (Å²) in [7, 11) is 1.56. The van der Waals surface area contributed by atoms with E-state index in [1.807, 2.05) is 28.9 Å². The van der Waals surface area contributed by atoms with Gasteiger partial charge in [0.2, 0.25) is 5.78 Å². The number of azide groups is 1. The molecule has 0 aliphatic heterocycles. The van der Waals surface area contributed by atoms with Crippen LogP contribution in [0.25, 0.3) is 27.5 Å². The summed E-state index contributed by atoms with van der Waals surface area (Å²) in [4.78, 5) is 11.4. The van der Waals surface area contributed by atoms with Gasteiger partial charge in [-0.15, -0.1) is 17.0 Å². The van der Waals surface area contributed by atoms with Crippen LogP contribution in [0, 0.1) is 0 Å². The second-order valence-corrected chi connectivity index (χ2v) is 4.03. The van der Waals surface area contributed by atoms with Crippen LogP contribution in [0.3, 0.4) is 0 Å². The molecule has 2 heterocycles. The highest BCUT2D eigenvalue weighted by molar-refractivity contribution is 8.93. The standard InChI is InChI=1S/C13H10N6O.BrH/c1-20-12-7-9(17-18-14)3-4-10(12)11-8-19-6-2-5-15-13(19)16-11;/h2-8H,1H3;1H. The molecule has 0 aliphatic carbocycles. The molecule has 0 amide bonds. The third-order valence-corrected chi connectivity index (χ3v) is 2.86. The minimum Gasteiger partial charge on any atom is -0.496 e. The van der Waals surface area contributed by atoms with Gasteiger partial charge in [-0.3, -0.25) is 4.40 Å². The summed E-state index contributed by atoms with van der Waals surface area (Å²) in [5, 5.41) is 3.56. The van der Waals surface area contributed by atoms with Crippen LogP contribution >= 0.6 is 17.0 Å². The van der Waals surface area contributed by atoms with E-state index in [0.29, 0.717) is 17.2 Å². The number of fused-ring (bicyclic) bond motifs is 1. The quantitative estimate of drug-likeness (QED) is 0.409. The van der Waals surface area contributed by atoms with E-state index >= 15 is 0 Å². The van der Waals surface area contributed by atoms with Crippen molar-refractivity contribution in [3.8, 4) is 17.0 Å². The van der Waals surface area contributed by atoms with Gasteiger partial charge in [0.15, 0.2) is 0 Å². The molecule has 0 unspecified atom stereocenters. The smallest absolute Gasteiger partial charge is 0.234 e. The van der Waals surface area contributed by atoms with Crippen LogP contribution in [0.4, 0.5) is 5.69 Å². The van der Waals surface area contributed by atoms with Crippen molar-refractivity contribution in [2.24, 2.45) is 5.11 Å². The largest absolute Gasteiger partial charge is 0.496 e. The molecular weight excluding hydrogens is 336 g/mol. The maximum Gasteiger partial charge on any atom is 0.234 e. The minimum absolute atomic E-state index is 0. The zero-order valence-corrected chi connectivity index (χ0v) is 12.8. The number of rotatable bonds is 3. The molecule has 3 aromatic rings. The first-order valence-electron chi connectivity index (χ1n) is 5.85. The maximum atomic E-state index is 8.46. The minimum atomic E-state index is 0.